The lowest BCUT2D eigenvalue weighted by atomic mass is 9.79. The molecule has 0 saturated carbocycles. The molecule has 6 aromatic carbocycles. The van der Waals surface area contributed by atoms with Gasteiger partial charge in [-0.3, -0.25) is 0 Å². The summed E-state index contributed by atoms with van der Waals surface area (Å²) in [4.78, 5) is 0. The van der Waals surface area contributed by atoms with Gasteiger partial charge in [0.1, 0.15) is 0 Å². The fourth-order valence-electron chi connectivity index (χ4n) is 8.76. The molecule has 0 aliphatic heterocycles. The lowest BCUT2D eigenvalue weighted by Crippen LogP contribution is -2.15. The van der Waals surface area contributed by atoms with Crippen molar-refractivity contribution in [1.29, 1.82) is 0 Å². The van der Waals surface area contributed by atoms with E-state index in [1.807, 2.05) is 0 Å². The molecule has 45 heavy (non-hydrogen) atoms. The van der Waals surface area contributed by atoms with E-state index >= 15 is 0 Å². The molecule has 218 valence electrons. The molecule has 3 aliphatic rings. The number of fused-ring (bicyclic) bond motifs is 9. The van der Waals surface area contributed by atoms with Gasteiger partial charge in [-0.2, -0.15) is 0 Å². The van der Waals surface area contributed by atoms with Crippen molar-refractivity contribution >= 4 is 0 Å². The van der Waals surface area contributed by atoms with E-state index in [-0.39, 0.29) is 10.8 Å². The Kier molecular flexibility index (Phi) is 5.31. The number of aryl methyl sites for hydroxylation is 1. The van der Waals surface area contributed by atoms with E-state index in [0.29, 0.717) is 5.92 Å². The van der Waals surface area contributed by atoms with Crippen molar-refractivity contribution in [3.8, 4) is 55.6 Å². The lowest BCUT2D eigenvalue weighted by Gasteiger charge is -2.24. The maximum atomic E-state index is 2.46. The molecule has 0 radical (unpaired) electrons. The molecule has 0 amide bonds. The van der Waals surface area contributed by atoms with Crippen molar-refractivity contribution < 1.29 is 0 Å². The third kappa shape index (κ3) is 3.60. The standard InChI is InChI=1S/C45H38/c1-26-11-16-35-36-19-14-30(24-41(36)44(3,4)40(35)21-26)31-15-20-38-37-18-13-29(23-42(37)45(5,6)43(38)25-31)28-12-17-34-33-10-8-7-9-32(33)27(2)39(34)22-28/h7-25,27H,1-6H3. The van der Waals surface area contributed by atoms with Crippen LogP contribution in [-0.4, -0.2) is 0 Å². The van der Waals surface area contributed by atoms with Crippen molar-refractivity contribution in [2.75, 3.05) is 0 Å². The molecule has 0 nitrogen and oxygen atoms in total. The summed E-state index contributed by atoms with van der Waals surface area (Å²) in [5, 5.41) is 0. The molecule has 0 heterocycles. The van der Waals surface area contributed by atoms with Crippen LogP contribution in [0.4, 0.5) is 0 Å². The van der Waals surface area contributed by atoms with Crippen molar-refractivity contribution in [3.05, 3.63) is 154 Å². The van der Waals surface area contributed by atoms with Crippen molar-refractivity contribution in [1.82, 2.24) is 0 Å². The second-order valence-corrected chi connectivity index (χ2v) is 14.7. The molecule has 0 spiro atoms. The van der Waals surface area contributed by atoms with Gasteiger partial charge in [-0.25, -0.2) is 0 Å². The maximum absolute atomic E-state index is 2.46. The van der Waals surface area contributed by atoms with Crippen LogP contribution in [0, 0.1) is 6.92 Å². The molecular formula is C45H38. The molecule has 0 bridgehead atoms. The molecule has 1 atom stereocenters. The molecule has 0 aromatic heterocycles. The van der Waals surface area contributed by atoms with Gasteiger partial charge in [0.15, 0.2) is 0 Å². The molecular weight excluding hydrogens is 540 g/mol. The van der Waals surface area contributed by atoms with E-state index in [9.17, 15) is 0 Å². The number of hydrogen-bond donors (Lipinski definition) is 0. The van der Waals surface area contributed by atoms with Crippen LogP contribution >= 0.6 is 0 Å². The highest BCUT2D eigenvalue weighted by molar-refractivity contribution is 5.88. The van der Waals surface area contributed by atoms with Gasteiger partial charge in [0.25, 0.3) is 0 Å². The van der Waals surface area contributed by atoms with Crippen LogP contribution in [0.25, 0.3) is 55.6 Å². The Balaban J connectivity index is 1.09. The van der Waals surface area contributed by atoms with E-state index in [2.05, 4.69) is 157 Å². The van der Waals surface area contributed by atoms with Gasteiger partial charge in [-0.05, 0) is 120 Å². The van der Waals surface area contributed by atoms with Crippen LogP contribution in [0.5, 0.6) is 0 Å². The van der Waals surface area contributed by atoms with Gasteiger partial charge in [0.05, 0.1) is 0 Å². The zero-order valence-electron chi connectivity index (χ0n) is 27.0. The van der Waals surface area contributed by atoms with Crippen molar-refractivity contribution in [3.63, 3.8) is 0 Å². The number of hydrogen-bond acceptors (Lipinski definition) is 0. The van der Waals surface area contributed by atoms with Gasteiger partial charge in [0, 0.05) is 16.7 Å². The number of benzene rings is 6. The highest BCUT2D eigenvalue weighted by Crippen LogP contribution is 2.53. The Hall–Kier alpha value is -4.68. The Morgan fingerprint density at radius 1 is 0.400 bits per heavy atom. The van der Waals surface area contributed by atoms with E-state index in [4.69, 9.17) is 0 Å². The number of rotatable bonds is 2. The van der Waals surface area contributed by atoms with Crippen LogP contribution in [-0.2, 0) is 10.8 Å². The summed E-state index contributed by atoms with van der Waals surface area (Å²) >= 11 is 0. The monoisotopic (exact) mass is 578 g/mol. The fraction of sp³-hybridized carbons (Fsp3) is 0.200. The van der Waals surface area contributed by atoms with Crippen LogP contribution in [0.15, 0.2) is 115 Å². The largest absolute Gasteiger partial charge is 0.0619 e. The first-order chi connectivity index (χ1) is 21.6. The molecule has 3 aliphatic carbocycles. The van der Waals surface area contributed by atoms with E-state index < -0.39 is 0 Å². The molecule has 9 rings (SSSR count). The Morgan fingerprint density at radius 2 is 0.800 bits per heavy atom. The van der Waals surface area contributed by atoms with Crippen LogP contribution in [0.3, 0.4) is 0 Å². The van der Waals surface area contributed by atoms with Crippen LogP contribution in [0.2, 0.25) is 0 Å². The average molecular weight is 579 g/mol. The maximum Gasteiger partial charge on any atom is 0.0159 e. The second-order valence-electron chi connectivity index (χ2n) is 14.7. The Bertz CT molecular complexity index is 2240. The van der Waals surface area contributed by atoms with Gasteiger partial charge in [0.2, 0.25) is 0 Å². The van der Waals surface area contributed by atoms with E-state index in [1.165, 1.54) is 94.6 Å². The minimum absolute atomic E-state index is 0.00648. The summed E-state index contributed by atoms with van der Waals surface area (Å²) in [6, 6.07) is 44.3. The molecule has 0 heteroatoms. The summed E-state index contributed by atoms with van der Waals surface area (Å²) in [6.45, 7) is 14.1. The molecule has 1 unspecified atom stereocenters. The zero-order valence-corrected chi connectivity index (χ0v) is 27.0. The van der Waals surface area contributed by atoms with Gasteiger partial charge in [-0.1, -0.05) is 131 Å². The van der Waals surface area contributed by atoms with Gasteiger partial charge < -0.3 is 0 Å². The molecule has 0 fully saturated rings. The highest BCUT2D eigenvalue weighted by Gasteiger charge is 2.38. The van der Waals surface area contributed by atoms with E-state index in [0.717, 1.165) is 0 Å². The summed E-state index contributed by atoms with van der Waals surface area (Å²) in [7, 11) is 0. The topological polar surface area (TPSA) is 0 Å². The summed E-state index contributed by atoms with van der Waals surface area (Å²) in [5.41, 5.74) is 23.3. The predicted octanol–water partition coefficient (Wildman–Crippen LogP) is 12.1. The first-order valence-corrected chi connectivity index (χ1v) is 16.4. The summed E-state index contributed by atoms with van der Waals surface area (Å²) in [5.74, 6) is 0.424. The smallest absolute Gasteiger partial charge is 0.0159 e. The Labute approximate surface area is 267 Å². The summed E-state index contributed by atoms with van der Waals surface area (Å²) < 4.78 is 0. The quantitative estimate of drug-likeness (QED) is 0.192. The van der Waals surface area contributed by atoms with Crippen LogP contribution < -0.4 is 0 Å². The van der Waals surface area contributed by atoms with Gasteiger partial charge in [-0.15, -0.1) is 0 Å². The first-order valence-electron chi connectivity index (χ1n) is 16.4. The third-order valence-electron chi connectivity index (χ3n) is 11.4. The second kappa shape index (κ2) is 8.95. The summed E-state index contributed by atoms with van der Waals surface area (Å²) in [6.07, 6.45) is 0. The Morgan fingerprint density at radius 3 is 1.33 bits per heavy atom. The fourth-order valence-corrected chi connectivity index (χ4v) is 8.76. The SMILES string of the molecule is Cc1ccc2c(c1)C(C)(C)c1cc(-c3ccc4c(c3)C(C)(C)c3cc(-c5ccc6c(c5)C(C)c5ccccc5-6)ccc3-4)ccc1-2. The minimum Gasteiger partial charge on any atom is -0.0619 e. The molecule has 6 aromatic rings. The van der Waals surface area contributed by atoms with Crippen LogP contribution in [0.1, 0.15) is 79.5 Å². The first kappa shape index (κ1) is 26.7. The normalized spacial score (nSPS) is 17.2. The predicted molar refractivity (Wildman–Crippen MR) is 190 cm³/mol. The third-order valence-corrected chi connectivity index (χ3v) is 11.4. The van der Waals surface area contributed by atoms with E-state index in [1.54, 1.807) is 0 Å². The van der Waals surface area contributed by atoms with Gasteiger partial charge >= 0.3 is 0 Å². The molecule has 0 N–H and O–H groups in total. The zero-order chi connectivity index (χ0) is 30.8. The highest BCUT2D eigenvalue weighted by atomic mass is 14.4. The minimum atomic E-state index is -0.0826. The average Bonchev–Trinajstić information content (AvgIpc) is 3.56. The van der Waals surface area contributed by atoms with Crippen molar-refractivity contribution in [2.45, 2.75) is 58.3 Å². The molecule has 0 saturated heterocycles. The lowest BCUT2D eigenvalue weighted by molar-refractivity contribution is 0.659. The van der Waals surface area contributed by atoms with Crippen molar-refractivity contribution in [2.24, 2.45) is 0 Å².